The lowest BCUT2D eigenvalue weighted by atomic mass is 9.79. The van der Waals surface area contributed by atoms with Crippen LogP contribution in [0, 0.1) is 5.41 Å². The predicted octanol–water partition coefficient (Wildman–Crippen LogP) is 1.05. The van der Waals surface area contributed by atoms with E-state index in [1.54, 1.807) is 48.5 Å². The SMILES string of the molecule is N=C1c2ccccc2C(=C(C(=O)ON)C(=O)ON)c2ccccc21. The first kappa shape index (κ1) is 15.6. The van der Waals surface area contributed by atoms with Crippen LogP contribution in [0.25, 0.3) is 5.57 Å². The smallest absolute Gasteiger partial charge is 0.364 e. The van der Waals surface area contributed by atoms with Gasteiger partial charge < -0.3 is 9.68 Å². The summed E-state index contributed by atoms with van der Waals surface area (Å²) in [4.78, 5) is 32.7. The van der Waals surface area contributed by atoms with Crippen LogP contribution < -0.4 is 11.8 Å². The number of nitrogens with one attached hydrogen (secondary N) is 1. The second-order valence-electron chi connectivity index (χ2n) is 5.03. The summed E-state index contributed by atoms with van der Waals surface area (Å²) in [5.74, 6) is 7.79. The van der Waals surface area contributed by atoms with Crippen LogP contribution in [-0.4, -0.2) is 17.7 Å². The number of hydrogen-bond acceptors (Lipinski definition) is 7. The highest BCUT2D eigenvalue weighted by Crippen LogP contribution is 2.38. The zero-order valence-electron chi connectivity index (χ0n) is 12.4. The van der Waals surface area contributed by atoms with Crippen molar-refractivity contribution < 1.29 is 19.3 Å². The van der Waals surface area contributed by atoms with Crippen LogP contribution in [0.3, 0.4) is 0 Å². The highest BCUT2D eigenvalue weighted by Gasteiger charge is 2.33. The third-order valence-electron chi connectivity index (χ3n) is 3.80. The van der Waals surface area contributed by atoms with Gasteiger partial charge >= 0.3 is 11.9 Å². The maximum absolute atomic E-state index is 12.1. The lowest BCUT2D eigenvalue weighted by Crippen LogP contribution is -2.26. The highest BCUT2D eigenvalue weighted by atomic mass is 16.7. The van der Waals surface area contributed by atoms with Gasteiger partial charge in [-0.15, -0.1) is 0 Å². The Morgan fingerprint density at radius 2 is 1.12 bits per heavy atom. The lowest BCUT2D eigenvalue weighted by Gasteiger charge is -2.24. The number of hydrogen-bond donors (Lipinski definition) is 3. The van der Waals surface area contributed by atoms with E-state index in [0.29, 0.717) is 22.3 Å². The molecule has 0 saturated carbocycles. The Bertz CT molecular complexity index is 833. The summed E-state index contributed by atoms with van der Waals surface area (Å²) in [6.07, 6.45) is 0. The summed E-state index contributed by atoms with van der Waals surface area (Å²) in [6.45, 7) is 0. The molecule has 2 aromatic rings. The standard InChI is InChI=1S/C17H13N3O4/c18-15-11-7-3-1-5-9(11)13(10-6-2-4-8-12(10)15)14(16(21)23-19)17(22)24-20/h1-8,18H,19-20H2. The molecule has 1 aliphatic carbocycles. The molecular formula is C17H13N3O4. The summed E-state index contributed by atoms with van der Waals surface area (Å²) in [6, 6.07) is 13.9. The van der Waals surface area contributed by atoms with Crippen LogP contribution >= 0.6 is 0 Å². The number of benzene rings is 2. The van der Waals surface area contributed by atoms with Crippen LogP contribution in [0.4, 0.5) is 0 Å². The van der Waals surface area contributed by atoms with Gasteiger partial charge in [-0.1, -0.05) is 48.5 Å². The van der Waals surface area contributed by atoms with Gasteiger partial charge in [-0.25, -0.2) is 9.59 Å². The van der Waals surface area contributed by atoms with Crippen molar-refractivity contribution in [2.24, 2.45) is 11.8 Å². The van der Waals surface area contributed by atoms with Crippen LogP contribution in [0.1, 0.15) is 22.3 Å². The predicted molar refractivity (Wildman–Crippen MR) is 85.4 cm³/mol. The first-order valence-corrected chi connectivity index (χ1v) is 6.94. The maximum Gasteiger partial charge on any atom is 0.364 e. The van der Waals surface area contributed by atoms with Crippen molar-refractivity contribution in [3.05, 3.63) is 76.4 Å². The third kappa shape index (κ3) is 2.28. The first-order valence-electron chi connectivity index (χ1n) is 6.94. The van der Waals surface area contributed by atoms with Gasteiger partial charge in [0, 0.05) is 16.7 Å². The summed E-state index contributed by atoms with van der Waals surface area (Å²) < 4.78 is 0. The molecule has 3 rings (SSSR count). The minimum atomic E-state index is -1.07. The molecule has 0 amide bonds. The van der Waals surface area contributed by atoms with Crippen LogP contribution in [0.5, 0.6) is 0 Å². The van der Waals surface area contributed by atoms with Crippen LogP contribution in [0.15, 0.2) is 54.1 Å². The van der Waals surface area contributed by atoms with E-state index in [2.05, 4.69) is 9.68 Å². The molecule has 7 heteroatoms. The van der Waals surface area contributed by atoms with Crippen molar-refractivity contribution in [1.29, 1.82) is 5.41 Å². The molecule has 0 aliphatic heterocycles. The second-order valence-corrected chi connectivity index (χ2v) is 5.03. The highest BCUT2D eigenvalue weighted by molar-refractivity contribution is 6.27. The zero-order valence-corrected chi connectivity index (χ0v) is 12.4. The van der Waals surface area contributed by atoms with Gasteiger partial charge in [-0.3, -0.25) is 5.41 Å². The van der Waals surface area contributed by atoms with E-state index in [0.717, 1.165) is 0 Å². The van der Waals surface area contributed by atoms with Gasteiger partial charge in [-0.05, 0) is 11.1 Å². The molecule has 0 radical (unpaired) electrons. The topological polar surface area (TPSA) is 128 Å². The molecule has 0 unspecified atom stereocenters. The fourth-order valence-corrected chi connectivity index (χ4v) is 2.80. The van der Waals surface area contributed by atoms with Gasteiger partial charge in [0.2, 0.25) is 0 Å². The van der Waals surface area contributed by atoms with Crippen molar-refractivity contribution in [1.82, 2.24) is 0 Å². The number of carbonyl (C=O) groups is 2. The Balaban J connectivity index is 2.45. The van der Waals surface area contributed by atoms with E-state index < -0.39 is 17.5 Å². The summed E-state index contributed by atoms with van der Waals surface area (Å²) in [7, 11) is 0. The van der Waals surface area contributed by atoms with E-state index in [1.165, 1.54) is 0 Å². The van der Waals surface area contributed by atoms with Gasteiger partial charge in [0.15, 0.2) is 5.57 Å². The Morgan fingerprint density at radius 3 is 1.50 bits per heavy atom. The first-order chi connectivity index (χ1) is 11.6. The van der Waals surface area contributed by atoms with E-state index in [9.17, 15) is 9.59 Å². The van der Waals surface area contributed by atoms with Crippen molar-refractivity contribution in [3.8, 4) is 0 Å². The molecule has 24 heavy (non-hydrogen) atoms. The number of rotatable bonds is 2. The fourth-order valence-electron chi connectivity index (χ4n) is 2.80. The molecule has 0 bridgehead atoms. The van der Waals surface area contributed by atoms with Crippen molar-refractivity contribution in [3.63, 3.8) is 0 Å². The number of nitrogens with two attached hydrogens (primary N) is 2. The molecule has 120 valence electrons. The molecule has 2 aromatic carbocycles. The Morgan fingerprint density at radius 1 is 0.750 bits per heavy atom. The Labute approximate surface area is 136 Å². The van der Waals surface area contributed by atoms with E-state index in [-0.39, 0.29) is 11.3 Å². The zero-order chi connectivity index (χ0) is 17.3. The summed E-state index contributed by atoms with van der Waals surface area (Å²) in [5, 5.41) is 8.38. The van der Waals surface area contributed by atoms with Crippen molar-refractivity contribution >= 4 is 23.2 Å². The summed E-state index contributed by atoms with van der Waals surface area (Å²) in [5.41, 5.74) is 2.30. The minimum Gasteiger partial charge on any atom is -0.369 e. The Kier molecular flexibility index (Phi) is 3.95. The normalized spacial score (nSPS) is 12.1. The van der Waals surface area contributed by atoms with E-state index >= 15 is 0 Å². The van der Waals surface area contributed by atoms with Gasteiger partial charge in [0.1, 0.15) is 0 Å². The van der Waals surface area contributed by atoms with Crippen molar-refractivity contribution in [2.45, 2.75) is 0 Å². The second kappa shape index (κ2) is 6.07. The molecule has 0 atom stereocenters. The molecule has 0 aromatic heterocycles. The van der Waals surface area contributed by atoms with Crippen LogP contribution in [0.2, 0.25) is 0 Å². The summed E-state index contributed by atoms with van der Waals surface area (Å²) >= 11 is 0. The maximum atomic E-state index is 12.1. The average molecular weight is 323 g/mol. The quantitative estimate of drug-likeness (QED) is 0.280. The van der Waals surface area contributed by atoms with E-state index in [1.807, 2.05) is 0 Å². The van der Waals surface area contributed by atoms with Gasteiger partial charge in [0.25, 0.3) is 0 Å². The van der Waals surface area contributed by atoms with Crippen molar-refractivity contribution in [2.75, 3.05) is 0 Å². The molecule has 0 fully saturated rings. The van der Waals surface area contributed by atoms with Gasteiger partial charge in [-0.2, -0.15) is 11.8 Å². The third-order valence-corrected chi connectivity index (χ3v) is 3.80. The van der Waals surface area contributed by atoms with Crippen LogP contribution in [-0.2, 0) is 19.3 Å². The monoisotopic (exact) mass is 323 g/mol. The molecule has 7 nitrogen and oxygen atoms in total. The molecule has 0 saturated heterocycles. The average Bonchev–Trinajstić information content (AvgIpc) is 2.64. The molecule has 0 heterocycles. The largest absolute Gasteiger partial charge is 0.369 e. The molecule has 5 N–H and O–H groups in total. The fraction of sp³-hybridized carbons (Fsp3) is 0. The molecule has 0 spiro atoms. The number of carbonyl (C=O) groups excluding carboxylic acids is 2. The minimum absolute atomic E-state index is 0.267. The van der Waals surface area contributed by atoms with Gasteiger partial charge in [0.05, 0.1) is 5.71 Å². The Hall–Kier alpha value is -3.29. The lowest BCUT2D eigenvalue weighted by molar-refractivity contribution is -0.147. The molecular weight excluding hydrogens is 310 g/mol. The molecule has 1 aliphatic rings. The number of fused-ring (bicyclic) bond motifs is 2. The van der Waals surface area contributed by atoms with E-state index in [4.69, 9.17) is 17.2 Å².